The maximum Gasteiger partial charge on any atom is 0.120 e. The van der Waals surface area contributed by atoms with Gasteiger partial charge in [-0.15, -0.1) is 0 Å². The molecule has 2 aromatic rings. The molecular formula is C15H18O3. The summed E-state index contributed by atoms with van der Waals surface area (Å²) >= 11 is 0. The highest BCUT2D eigenvalue weighted by molar-refractivity contribution is 5.83. The Morgan fingerprint density at radius 2 is 1.83 bits per heavy atom. The van der Waals surface area contributed by atoms with E-state index in [2.05, 4.69) is 6.07 Å². The van der Waals surface area contributed by atoms with Gasteiger partial charge in [0.15, 0.2) is 0 Å². The number of hydrogen-bond donors (Lipinski definition) is 1. The largest absolute Gasteiger partial charge is 0.491 e. The van der Waals surface area contributed by atoms with Gasteiger partial charge in [-0.2, -0.15) is 0 Å². The molecule has 0 radical (unpaired) electrons. The summed E-state index contributed by atoms with van der Waals surface area (Å²) in [5.74, 6) is 0.768. The number of hydrogen-bond acceptors (Lipinski definition) is 3. The number of fused-ring (bicyclic) bond motifs is 1. The van der Waals surface area contributed by atoms with Gasteiger partial charge in [-0.1, -0.05) is 30.3 Å². The lowest BCUT2D eigenvalue weighted by atomic mass is 10.1. The lowest BCUT2D eigenvalue weighted by Crippen LogP contribution is -2.23. The Hall–Kier alpha value is -1.58. The van der Waals surface area contributed by atoms with Crippen LogP contribution in [-0.2, 0) is 4.74 Å². The lowest BCUT2D eigenvalue weighted by molar-refractivity contribution is 0.0165. The van der Waals surface area contributed by atoms with Crippen LogP contribution in [0.4, 0.5) is 0 Å². The molecule has 0 aliphatic heterocycles. The summed E-state index contributed by atoms with van der Waals surface area (Å²) in [6.07, 6.45) is -0.587. The Labute approximate surface area is 107 Å². The van der Waals surface area contributed by atoms with Crippen molar-refractivity contribution in [1.29, 1.82) is 0 Å². The molecule has 1 unspecified atom stereocenters. The predicted octanol–water partition coefficient (Wildman–Crippen LogP) is 2.62. The first-order valence-electron chi connectivity index (χ1n) is 6.17. The van der Waals surface area contributed by atoms with E-state index in [0.717, 1.165) is 11.1 Å². The van der Waals surface area contributed by atoms with Gasteiger partial charge in [0, 0.05) is 6.61 Å². The van der Waals surface area contributed by atoms with Crippen molar-refractivity contribution in [1.82, 2.24) is 0 Å². The van der Waals surface area contributed by atoms with Gasteiger partial charge in [0.2, 0.25) is 0 Å². The van der Waals surface area contributed by atoms with Crippen LogP contribution in [0.2, 0.25) is 0 Å². The summed E-state index contributed by atoms with van der Waals surface area (Å²) in [7, 11) is 0. The molecule has 3 heteroatoms. The highest BCUT2D eigenvalue weighted by atomic mass is 16.5. The summed E-state index contributed by atoms with van der Waals surface area (Å²) < 4.78 is 10.7. The van der Waals surface area contributed by atoms with Crippen LogP contribution in [0.5, 0.6) is 5.75 Å². The average molecular weight is 246 g/mol. The highest BCUT2D eigenvalue weighted by Gasteiger charge is 2.05. The Morgan fingerprint density at radius 3 is 2.61 bits per heavy atom. The van der Waals surface area contributed by atoms with E-state index in [1.807, 2.05) is 43.3 Å². The maximum atomic E-state index is 9.60. The first-order valence-corrected chi connectivity index (χ1v) is 6.17. The summed E-state index contributed by atoms with van der Waals surface area (Å²) in [6, 6.07) is 14.0. The number of rotatable bonds is 6. The summed E-state index contributed by atoms with van der Waals surface area (Å²) in [5, 5.41) is 11.9. The van der Waals surface area contributed by atoms with Crippen LogP contribution in [0.25, 0.3) is 10.8 Å². The van der Waals surface area contributed by atoms with Gasteiger partial charge in [0.1, 0.15) is 18.5 Å². The van der Waals surface area contributed by atoms with Gasteiger partial charge < -0.3 is 14.6 Å². The van der Waals surface area contributed by atoms with Gasteiger partial charge in [0.05, 0.1) is 6.61 Å². The Morgan fingerprint density at radius 1 is 1.06 bits per heavy atom. The molecule has 0 spiro atoms. The fourth-order valence-corrected chi connectivity index (χ4v) is 1.75. The Balaban J connectivity index is 1.95. The van der Waals surface area contributed by atoms with Crippen molar-refractivity contribution >= 4 is 10.8 Å². The van der Waals surface area contributed by atoms with Crippen molar-refractivity contribution in [3.63, 3.8) is 0 Å². The number of ether oxygens (including phenoxy) is 2. The van der Waals surface area contributed by atoms with E-state index < -0.39 is 6.10 Å². The number of aliphatic hydroxyl groups is 1. The van der Waals surface area contributed by atoms with Crippen molar-refractivity contribution in [3.05, 3.63) is 42.5 Å². The van der Waals surface area contributed by atoms with Crippen LogP contribution < -0.4 is 4.74 Å². The third-order valence-electron chi connectivity index (χ3n) is 2.68. The molecule has 2 aromatic carbocycles. The summed E-state index contributed by atoms with van der Waals surface area (Å²) in [5.41, 5.74) is 0. The molecule has 0 heterocycles. The number of benzene rings is 2. The van der Waals surface area contributed by atoms with Crippen LogP contribution >= 0.6 is 0 Å². The molecule has 96 valence electrons. The van der Waals surface area contributed by atoms with Crippen LogP contribution in [0.3, 0.4) is 0 Å². The van der Waals surface area contributed by atoms with Gasteiger partial charge in [-0.05, 0) is 29.8 Å². The standard InChI is InChI=1S/C15H18O3/c1-2-17-10-14(16)11-18-15-8-7-12-5-3-4-6-13(12)9-15/h3-9,14,16H,2,10-11H2,1H3. The van der Waals surface area contributed by atoms with Gasteiger partial charge >= 0.3 is 0 Å². The summed E-state index contributed by atoms with van der Waals surface area (Å²) in [4.78, 5) is 0. The summed E-state index contributed by atoms with van der Waals surface area (Å²) in [6.45, 7) is 3.06. The van der Waals surface area contributed by atoms with Crippen molar-refractivity contribution in [3.8, 4) is 5.75 Å². The van der Waals surface area contributed by atoms with E-state index in [0.29, 0.717) is 13.2 Å². The van der Waals surface area contributed by atoms with Crippen molar-refractivity contribution in [2.45, 2.75) is 13.0 Å². The molecule has 0 bridgehead atoms. The van der Waals surface area contributed by atoms with E-state index >= 15 is 0 Å². The second-order valence-corrected chi connectivity index (χ2v) is 4.13. The monoisotopic (exact) mass is 246 g/mol. The second kappa shape index (κ2) is 6.38. The minimum Gasteiger partial charge on any atom is -0.491 e. The lowest BCUT2D eigenvalue weighted by Gasteiger charge is -2.12. The van der Waals surface area contributed by atoms with Crippen molar-refractivity contribution < 1.29 is 14.6 Å². The Kier molecular flexibility index (Phi) is 4.56. The number of aliphatic hydroxyl groups excluding tert-OH is 1. The second-order valence-electron chi connectivity index (χ2n) is 4.13. The zero-order valence-corrected chi connectivity index (χ0v) is 10.5. The van der Waals surface area contributed by atoms with Crippen LogP contribution in [0.15, 0.2) is 42.5 Å². The van der Waals surface area contributed by atoms with Gasteiger partial charge in [-0.3, -0.25) is 0 Å². The predicted molar refractivity (Wildman–Crippen MR) is 71.9 cm³/mol. The molecule has 2 rings (SSSR count). The molecule has 0 aliphatic carbocycles. The highest BCUT2D eigenvalue weighted by Crippen LogP contribution is 2.20. The molecule has 0 saturated heterocycles. The fourth-order valence-electron chi connectivity index (χ4n) is 1.75. The molecular weight excluding hydrogens is 228 g/mol. The molecule has 0 amide bonds. The molecule has 0 aliphatic rings. The molecule has 18 heavy (non-hydrogen) atoms. The molecule has 0 aromatic heterocycles. The van der Waals surface area contributed by atoms with E-state index in [1.54, 1.807) is 0 Å². The van der Waals surface area contributed by atoms with E-state index in [1.165, 1.54) is 5.39 Å². The van der Waals surface area contributed by atoms with E-state index in [4.69, 9.17) is 9.47 Å². The maximum absolute atomic E-state index is 9.60. The SMILES string of the molecule is CCOCC(O)COc1ccc2ccccc2c1. The van der Waals surface area contributed by atoms with Crippen LogP contribution in [0, 0.1) is 0 Å². The Bertz CT molecular complexity index is 496. The normalized spacial score (nSPS) is 12.6. The van der Waals surface area contributed by atoms with Crippen LogP contribution in [-0.4, -0.2) is 31.0 Å². The molecule has 0 saturated carbocycles. The first kappa shape index (κ1) is 12.9. The average Bonchev–Trinajstić information content (AvgIpc) is 2.42. The quantitative estimate of drug-likeness (QED) is 0.851. The zero-order chi connectivity index (χ0) is 12.8. The van der Waals surface area contributed by atoms with Crippen molar-refractivity contribution in [2.75, 3.05) is 19.8 Å². The third-order valence-corrected chi connectivity index (χ3v) is 2.68. The smallest absolute Gasteiger partial charge is 0.120 e. The van der Waals surface area contributed by atoms with E-state index in [-0.39, 0.29) is 6.61 Å². The topological polar surface area (TPSA) is 38.7 Å². The minimum atomic E-state index is -0.587. The zero-order valence-electron chi connectivity index (χ0n) is 10.5. The van der Waals surface area contributed by atoms with E-state index in [9.17, 15) is 5.11 Å². The third kappa shape index (κ3) is 3.45. The van der Waals surface area contributed by atoms with Gasteiger partial charge in [0.25, 0.3) is 0 Å². The van der Waals surface area contributed by atoms with Crippen molar-refractivity contribution in [2.24, 2.45) is 0 Å². The van der Waals surface area contributed by atoms with Gasteiger partial charge in [-0.25, -0.2) is 0 Å². The first-order chi connectivity index (χ1) is 8.79. The molecule has 0 fully saturated rings. The minimum absolute atomic E-state index is 0.248. The molecule has 1 N–H and O–H groups in total. The molecule has 1 atom stereocenters. The fraction of sp³-hybridized carbons (Fsp3) is 0.333. The molecule has 3 nitrogen and oxygen atoms in total. The van der Waals surface area contributed by atoms with Crippen LogP contribution in [0.1, 0.15) is 6.92 Å².